The first-order valence-electron chi connectivity index (χ1n) is 5.16. The van der Waals surface area contributed by atoms with E-state index in [-0.39, 0.29) is 11.8 Å². The van der Waals surface area contributed by atoms with Gasteiger partial charge in [0.05, 0.1) is 11.3 Å². The number of nitriles is 1. The van der Waals surface area contributed by atoms with E-state index in [9.17, 15) is 4.79 Å². The van der Waals surface area contributed by atoms with Crippen molar-refractivity contribution in [2.24, 2.45) is 11.7 Å². The van der Waals surface area contributed by atoms with E-state index in [0.29, 0.717) is 24.2 Å². The zero-order valence-electron chi connectivity index (χ0n) is 9.23. The van der Waals surface area contributed by atoms with Gasteiger partial charge in [0.15, 0.2) is 0 Å². The minimum atomic E-state index is -0.111. The molecule has 16 heavy (non-hydrogen) atoms. The monoisotopic (exact) mass is 217 g/mol. The Kier molecular flexibility index (Phi) is 4.49. The molecule has 0 radical (unpaired) electrons. The van der Waals surface area contributed by atoms with Crippen LogP contribution in [0.1, 0.15) is 18.9 Å². The summed E-state index contributed by atoms with van der Waals surface area (Å²) in [6.45, 7) is 2.39. The molecule has 0 saturated carbocycles. The van der Waals surface area contributed by atoms with Gasteiger partial charge in [-0.1, -0.05) is 19.1 Å². The second-order valence-corrected chi connectivity index (χ2v) is 3.75. The normalized spacial score (nSPS) is 11.6. The maximum Gasteiger partial charge on any atom is 0.224 e. The molecule has 1 rings (SSSR count). The Labute approximate surface area is 95.1 Å². The third-order valence-electron chi connectivity index (χ3n) is 2.26. The molecule has 1 aromatic carbocycles. The Hall–Kier alpha value is -1.86. The molecule has 0 aliphatic rings. The van der Waals surface area contributed by atoms with Crippen LogP contribution in [0.25, 0.3) is 0 Å². The number of nitrogens with zero attached hydrogens (tertiary/aromatic N) is 1. The average Bonchev–Trinajstić information content (AvgIpc) is 2.29. The van der Waals surface area contributed by atoms with Crippen molar-refractivity contribution in [1.82, 2.24) is 0 Å². The minimum absolute atomic E-state index is 0.111. The number of rotatable bonds is 4. The van der Waals surface area contributed by atoms with E-state index in [2.05, 4.69) is 5.32 Å². The summed E-state index contributed by atoms with van der Waals surface area (Å²) in [6, 6.07) is 8.95. The fraction of sp³-hybridized carbons (Fsp3) is 0.333. The molecule has 1 amide bonds. The first-order chi connectivity index (χ1) is 7.67. The Morgan fingerprint density at radius 2 is 2.25 bits per heavy atom. The van der Waals surface area contributed by atoms with E-state index >= 15 is 0 Å². The van der Waals surface area contributed by atoms with Crippen LogP contribution in [0.5, 0.6) is 0 Å². The third kappa shape index (κ3) is 3.37. The van der Waals surface area contributed by atoms with Gasteiger partial charge in [0.2, 0.25) is 5.91 Å². The van der Waals surface area contributed by atoms with Crippen molar-refractivity contribution in [3.63, 3.8) is 0 Å². The molecule has 1 atom stereocenters. The van der Waals surface area contributed by atoms with E-state index in [1.807, 2.05) is 13.0 Å². The van der Waals surface area contributed by atoms with E-state index in [0.717, 1.165) is 0 Å². The van der Waals surface area contributed by atoms with Crippen molar-refractivity contribution < 1.29 is 4.79 Å². The van der Waals surface area contributed by atoms with Crippen LogP contribution in [0, 0.1) is 17.2 Å². The summed E-state index contributed by atoms with van der Waals surface area (Å²) in [4.78, 5) is 11.6. The summed E-state index contributed by atoms with van der Waals surface area (Å²) in [5.74, 6) is 0.0369. The topological polar surface area (TPSA) is 78.9 Å². The Balaban J connectivity index is 2.67. The largest absolute Gasteiger partial charge is 0.330 e. The number of nitrogens with two attached hydrogens (primary N) is 1. The predicted molar refractivity (Wildman–Crippen MR) is 62.6 cm³/mol. The molecular formula is C12H15N3O. The highest BCUT2D eigenvalue weighted by Crippen LogP contribution is 2.14. The summed E-state index contributed by atoms with van der Waals surface area (Å²) in [5.41, 5.74) is 6.46. The molecule has 0 spiro atoms. The quantitative estimate of drug-likeness (QED) is 0.801. The first kappa shape index (κ1) is 12.2. The van der Waals surface area contributed by atoms with Gasteiger partial charge in [-0.05, 0) is 24.6 Å². The van der Waals surface area contributed by atoms with Crippen molar-refractivity contribution in [1.29, 1.82) is 5.26 Å². The van der Waals surface area contributed by atoms with Crippen molar-refractivity contribution >= 4 is 11.6 Å². The standard InChI is InChI=1S/C12H15N3O/c1-9(7-13)6-12(16)15-11-5-3-2-4-10(11)8-14/h2-5,9H,6-7,13H2,1H3,(H,15,16). The van der Waals surface area contributed by atoms with Crippen LogP contribution in [0.3, 0.4) is 0 Å². The van der Waals surface area contributed by atoms with Crippen LogP contribution in [-0.4, -0.2) is 12.5 Å². The second-order valence-electron chi connectivity index (χ2n) is 3.75. The van der Waals surface area contributed by atoms with Crippen LogP contribution in [-0.2, 0) is 4.79 Å². The maximum atomic E-state index is 11.6. The van der Waals surface area contributed by atoms with Gasteiger partial charge in [0.25, 0.3) is 0 Å². The summed E-state index contributed by atoms with van der Waals surface area (Å²) in [5, 5.41) is 11.5. The number of amides is 1. The molecule has 0 aromatic heterocycles. The van der Waals surface area contributed by atoms with Crippen molar-refractivity contribution in [3.05, 3.63) is 29.8 Å². The highest BCUT2D eigenvalue weighted by molar-refractivity contribution is 5.92. The summed E-state index contributed by atoms with van der Waals surface area (Å²) >= 11 is 0. The van der Waals surface area contributed by atoms with Gasteiger partial charge < -0.3 is 11.1 Å². The molecule has 4 heteroatoms. The molecule has 1 unspecified atom stereocenters. The van der Waals surface area contributed by atoms with Gasteiger partial charge >= 0.3 is 0 Å². The lowest BCUT2D eigenvalue weighted by Crippen LogP contribution is -2.20. The molecule has 3 N–H and O–H groups in total. The van der Waals surface area contributed by atoms with Gasteiger partial charge in [0, 0.05) is 6.42 Å². The summed E-state index contributed by atoms with van der Waals surface area (Å²) in [6.07, 6.45) is 0.371. The molecule has 1 aromatic rings. The second kappa shape index (κ2) is 5.89. The molecule has 0 aliphatic heterocycles. The van der Waals surface area contributed by atoms with Crippen LogP contribution in [0.2, 0.25) is 0 Å². The van der Waals surface area contributed by atoms with Gasteiger partial charge in [0.1, 0.15) is 6.07 Å². The lowest BCUT2D eigenvalue weighted by Gasteiger charge is -2.09. The fourth-order valence-corrected chi connectivity index (χ4v) is 1.29. The van der Waals surface area contributed by atoms with Crippen LogP contribution in [0.15, 0.2) is 24.3 Å². The van der Waals surface area contributed by atoms with Crippen molar-refractivity contribution in [2.45, 2.75) is 13.3 Å². The SMILES string of the molecule is CC(CN)CC(=O)Nc1ccccc1C#N. The smallest absolute Gasteiger partial charge is 0.224 e. The highest BCUT2D eigenvalue weighted by atomic mass is 16.1. The summed E-state index contributed by atoms with van der Waals surface area (Å²) in [7, 11) is 0. The van der Waals surface area contributed by atoms with Crippen LogP contribution < -0.4 is 11.1 Å². The maximum absolute atomic E-state index is 11.6. The number of anilines is 1. The molecule has 0 bridgehead atoms. The van der Waals surface area contributed by atoms with Crippen LogP contribution in [0.4, 0.5) is 5.69 Å². The number of nitrogens with one attached hydrogen (secondary N) is 1. The first-order valence-corrected chi connectivity index (χ1v) is 5.16. The van der Waals surface area contributed by atoms with Crippen molar-refractivity contribution in [3.8, 4) is 6.07 Å². The number of para-hydroxylation sites is 1. The lowest BCUT2D eigenvalue weighted by atomic mass is 10.1. The van der Waals surface area contributed by atoms with Gasteiger partial charge in [-0.25, -0.2) is 0 Å². The molecule has 0 heterocycles. The molecule has 0 fully saturated rings. The van der Waals surface area contributed by atoms with Gasteiger partial charge in [-0.15, -0.1) is 0 Å². The Bertz CT molecular complexity index is 409. The zero-order chi connectivity index (χ0) is 12.0. The average molecular weight is 217 g/mol. The molecule has 84 valence electrons. The third-order valence-corrected chi connectivity index (χ3v) is 2.26. The van der Waals surface area contributed by atoms with Gasteiger partial charge in [-0.3, -0.25) is 4.79 Å². The molecular weight excluding hydrogens is 202 g/mol. The lowest BCUT2D eigenvalue weighted by molar-refractivity contribution is -0.116. The fourth-order valence-electron chi connectivity index (χ4n) is 1.29. The minimum Gasteiger partial charge on any atom is -0.330 e. The number of hydrogen-bond donors (Lipinski definition) is 2. The number of carbonyl (C=O) groups is 1. The van der Waals surface area contributed by atoms with E-state index in [1.165, 1.54) is 0 Å². The summed E-state index contributed by atoms with van der Waals surface area (Å²) < 4.78 is 0. The Morgan fingerprint density at radius 1 is 1.56 bits per heavy atom. The number of carbonyl (C=O) groups excluding carboxylic acids is 1. The molecule has 4 nitrogen and oxygen atoms in total. The van der Waals surface area contributed by atoms with Gasteiger partial charge in [-0.2, -0.15) is 5.26 Å². The number of benzene rings is 1. The van der Waals surface area contributed by atoms with Crippen molar-refractivity contribution in [2.75, 3.05) is 11.9 Å². The van der Waals surface area contributed by atoms with E-state index in [1.54, 1.807) is 24.3 Å². The molecule has 0 aliphatic carbocycles. The van der Waals surface area contributed by atoms with Crippen LogP contribution >= 0.6 is 0 Å². The highest BCUT2D eigenvalue weighted by Gasteiger charge is 2.09. The Morgan fingerprint density at radius 3 is 2.88 bits per heavy atom. The zero-order valence-corrected chi connectivity index (χ0v) is 9.23. The van der Waals surface area contributed by atoms with E-state index < -0.39 is 0 Å². The van der Waals surface area contributed by atoms with E-state index in [4.69, 9.17) is 11.0 Å². The number of hydrogen-bond acceptors (Lipinski definition) is 3. The predicted octanol–water partition coefficient (Wildman–Crippen LogP) is 1.48. The molecule has 0 saturated heterocycles.